The minimum Gasteiger partial charge on any atom is -0.632 e. The van der Waals surface area contributed by atoms with E-state index in [1.165, 1.54) is 11.8 Å². The molecule has 27 heavy (non-hydrogen) atoms. The van der Waals surface area contributed by atoms with Crippen LogP contribution in [-0.2, 0) is 13.1 Å². The molecule has 1 unspecified atom stereocenters. The Kier molecular flexibility index (Phi) is 4.95. The Balaban J connectivity index is 1.69. The lowest BCUT2D eigenvalue weighted by atomic mass is 10.1. The van der Waals surface area contributed by atoms with Crippen LogP contribution in [0.1, 0.15) is 29.7 Å². The van der Waals surface area contributed by atoms with E-state index in [0.29, 0.717) is 18.7 Å². The maximum absolute atomic E-state index is 13.8. The molecule has 0 amide bonds. The predicted octanol–water partition coefficient (Wildman–Crippen LogP) is 3.12. The summed E-state index contributed by atoms with van der Waals surface area (Å²) in [4.78, 5) is 15.4. The number of aromatic nitrogens is 3. The Hall–Kier alpha value is -1.92. The molecule has 2 atom stereocenters. The lowest BCUT2D eigenvalue weighted by Crippen LogP contribution is -2.47. The van der Waals surface area contributed by atoms with Crippen LogP contribution in [-0.4, -0.2) is 45.0 Å². The number of hydrogen-bond acceptors (Lipinski definition) is 7. The first-order valence-electron chi connectivity index (χ1n) is 8.80. The van der Waals surface area contributed by atoms with Crippen LogP contribution < -0.4 is 4.90 Å². The van der Waals surface area contributed by atoms with Gasteiger partial charge in [-0.15, -0.1) is 0 Å². The molecule has 4 heterocycles. The second-order valence-corrected chi connectivity index (χ2v) is 8.14. The van der Waals surface area contributed by atoms with Gasteiger partial charge in [0.15, 0.2) is 5.16 Å². The van der Waals surface area contributed by atoms with Crippen LogP contribution in [0.5, 0.6) is 0 Å². The maximum atomic E-state index is 13.8. The van der Waals surface area contributed by atoms with Gasteiger partial charge in [-0.2, -0.15) is 5.26 Å². The zero-order valence-corrected chi connectivity index (χ0v) is 16.5. The van der Waals surface area contributed by atoms with E-state index in [1.54, 1.807) is 18.3 Å². The van der Waals surface area contributed by atoms with Gasteiger partial charge in [-0.1, -0.05) is 23.4 Å². The number of halogens is 1. The van der Waals surface area contributed by atoms with Crippen molar-refractivity contribution >= 4 is 29.2 Å². The monoisotopic (exact) mass is 402 g/mol. The number of hydrogen-bond donors (Lipinski definition) is 0. The second kappa shape index (κ2) is 7.24. The third kappa shape index (κ3) is 3.60. The van der Waals surface area contributed by atoms with Gasteiger partial charge in [-0.25, -0.2) is 15.0 Å². The van der Waals surface area contributed by atoms with Crippen LogP contribution in [0.25, 0.3) is 0 Å². The summed E-state index contributed by atoms with van der Waals surface area (Å²) in [5.41, 5.74) is 1.80. The first kappa shape index (κ1) is 18.4. The van der Waals surface area contributed by atoms with Crippen molar-refractivity contribution in [3.63, 3.8) is 0 Å². The van der Waals surface area contributed by atoms with E-state index >= 15 is 0 Å². The molecule has 0 aliphatic carbocycles. The van der Waals surface area contributed by atoms with Crippen molar-refractivity contribution in [3.05, 3.63) is 45.5 Å². The van der Waals surface area contributed by atoms with Gasteiger partial charge in [0.25, 0.3) is 0 Å². The molecule has 7 nitrogen and oxygen atoms in total. The topological polar surface area (TPSA) is 88.8 Å². The minimum absolute atomic E-state index is 0.165. The summed E-state index contributed by atoms with van der Waals surface area (Å²) >= 11 is 7.74. The Morgan fingerprint density at radius 3 is 3.04 bits per heavy atom. The lowest BCUT2D eigenvalue weighted by molar-refractivity contribution is -0.907. The normalized spacial score (nSPS) is 24.1. The Labute approximate surface area is 167 Å². The molecule has 0 N–H and O–H groups in total. The van der Waals surface area contributed by atoms with Gasteiger partial charge in [0.05, 0.1) is 18.2 Å². The smallest absolute Gasteiger partial charge is 0.189 e. The largest absolute Gasteiger partial charge is 0.632 e. The van der Waals surface area contributed by atoms with E-state index in [-0.39, 0.29) is 23.4 Å². The van der Waals surface area contributed by atoms with Gasteiger partial charge in [-0.3, -0.25) is 0 Å². The molecule has 0 aromatic carbocycles. The summed E-state index contributed by atoms with van der Waals surface area (Å²) < 4.78 is -0.427. The van der Waals surface area contributed by atoms with Crippen molar-refractivity contribution in [2.45, 2.75) is 37.1 Å². The number of hydroxylamine groups is 3. The quantitative estimate of drug-likeness (QED) is 0.256. The van der Waals surface area contributed by atoms with E-state index in [2.05, 4.69) is 14.9 Å². The molecule has 4 rings (SSSR count). The summed E-state index contributed by atoms with van der Waals surface area (Å²) in [6.45, 7) is 1.90. The molecule has 0 saturated carbocycles. The van der Waals surface area contributed by atoms with Gasteiger partial charge in [-0.05, 0) is 31.2 Å². The standard InChI is InChI=1S/C18H19ClN6OS/c1-27-18-21-8-13-10-25(26,9-12-4-5-14(7-20)22-16(12)19)11-15-3-2-6-24(15)17(13)23-18/h4-5,8,15H,2-3,6,9-11H2,1H3/t15-,25?/m0/s1. The minimum atomic E-state index is -0.427. The van der Waals surface area contributed by atoms with Crippen LogP contribution in [0.4, 0.5) is 5.82 Å². The lowest BCUT2D eigenvalue weighted by Gasteiger charge is -2.43. The third-order valence-corrected chi connectivity index (χ3v) is 6.04. The highest BCUT2D eigenvalue weighted by atomic mass is 35.5. The molecule has 140 valence electrons. The summed E-state index contributed by atoms with van der Waals surface area (Å²) in [5, 5.41) is 23.7. The number of quaternary nitrogens is 1. The number of anilines is 1. The summed E-state index contributed by atoms with van der Waals surface area (Å²) in [7, 11) is 0. The number of rotatable bonds is 3. The highest BCUT2D eigenvalue weighted by molar-refractivity contribution is 7.98. The van der Waals surface area contributed by atoms with Crippen LogP contribution in [0.2, 0.25) is 5.15 Å². The van der Waals surface area contributed by atoms with E-state index in [9.17, 15) is 5.21 Å². The third-order valence-electron chi connectivity index (χ3n) is 5.15. The average molecular weight is 403 g/mol. The van der Waals surface area contributed by atoms with E-state index < -0.39 is 4.65 Å². The van der Waals surface area contributed by atoms with Crippen molar-refractivity contribution in [2.75, 3.05) is 24.2 Å². The molecule has 2 aliphatic heterocycles. The molecule has 1 saturated heterocycles. The zero-order chi connectivity index (χ0) is 19.0. The number of nitrogens with zero attached hydrogens (tertiary/aromatic N) is 6. The van der Waals surface area contributed by atoms with E-state index in [1.807, 2.05) is 12.3 Å². The molecule has 0 spiro atoms. The average Bonchev–Trinajstić information content (AvgIpc) is 3.06. The highest BCUT2D eigenvalue weighted by Gasteiger charge is 2.38. The fraction of sp³-hybridized carbons (Fsp3) is 0.444. The Bertz CT molecular complexity index is 919. The number of fused-ring (bicyclic) bond motifs is 3. The number of thioether (sulfide) groups is 1. The van der Waals surface area contributed by atoms with Crippen molar-refractivity contribution in [1.29, 1.82) is 5.26 Å². The highest BCUT2D eigenvalue weighted by Crippen LogP contribution is 2.36. The molecule has 2 aromatic rings. The molecule has 9 heteroatoms. The first-order valence-corrected chi connectivity index (χ1v) is 10.4. The maximum Gasteiger partial charge on any atom is 0.189 e. The predicted molar refractivity (Wildman–Crippen MR) is 104 cm³/mol. The fourth-order valence-electron chi connectivity index (χ4n) is 3.98. The van der Waals surface area contributed by atoms with Crippen molar-refractivity contribution in [1.82, 2.24) is 15.0 Å². The Morgan fingerprint density at radius 1 is 1.44 bits per heavy atom. The number of nitriles is 1. The molecule has 2 aromatic heterocycles. The summed E-state index contributed by atoms with van der Waals surface area (Å²) in [6.07, 6.45) is 5.79. The SMILES string of the molecule is CSc1ncc2c(n1)N1CCC[C@H]1C[N+]([O-])(Cc1ccc(C#N)nc1Cl)C2. The second-order valence-electron chi connectivity index (χ2n) is 7.01. The van der Waals surface area contributed by atoms with E-state index in [0.717, 1.165) is 35.9 Å². The van der Waals surface area contributed by atoms with Crippen LogP contribution >= 0.6 is 23.4 Å². The fourth-order valence-corrected chi connectivity index (χ4v) is 4.53. The van der Waals surface area contributed by atoms with Crippen molar-refractivity contribution < 1.29 is 4.65 Å². The van der Waals surface area contributed by atoms with Crippen molar-refractivity contribution in [3.8, 4) is 6.07 Å². The molecule has 1 fully saturated rings. The molecule has 2 aliphatic rings. The van der Waals surface area contributed by atoms with Gasteiger partial charge in [0.2, 0.25) is 0 Å². The Morgan fingerprint density at radius 2 is 2.30 bits per heavy atom. The zero-order valence-electron chi connectivity index (χ0n) is 14.9. The molecule has 0 radical (unpaired) electrons. The van der Waals surface area contributed by atoms with Gasteiger partial charge in [0.1, 0.15) is 35.8 Å². The van der Waals surface area contributed by atoms with Gasteiger partial charge < -0.3 is 14.8 Å². The summed E-state index contributed by atoms with van der Waals surface area (Å²) in [5.74, 6) is 0.900. The molecular weight excluding hydrogens is 384 g/mol. The first-order chi connectivity index (χ1) is 13.0. The molecular formula is C18H19ClN6OS. The van der Waals surface area contributed by atoms with Crippen LogP contribution in [0.15, 0.2) is 23.5 Å². The number of pyridine rings is 1. The summed E-state index contributed by atoms with van der Waals surface area (Å²) in [6, 6.07) is 5.47. The van der Waals surface area contributed by atoms with E-state index in [4.69, 9.17) is 21.8 Å². The van der Waals surface area contributed by atoms with Crippen molar-refractivity contribution in [2.24, 2.45) is 0 Å². The van der Waals surface area contributed by atoms with Crippen LogP contribution in [0, 0.1) is 16.5 Å². The van der Waals surface area contributed by atoms with Crippen LogP contribution in [0.3, 0.4) is 0 Å². The molecule has 0 bridgehead atoms. The van der Waals surface area contributed by atoms with Gasteiger partial charge in [0, 0.05) is 18.3 Å². The van der Waals surface area contributed by atoms with Gasteiger partial charge >= 0.3 is 0 Å².